The molecule has 9 heteroatoms. The van der Waals surface area contributed by atoms with Crippen LogP contribution in [0.4, 0.5) is 0 Å². The number of aromatic nitrogens is 3. The van der Waals surface area contributed by atoms with Gasteiger partial charge in [-0.15, -0.1) is 0 Å². The summed E-state index contributed by atoms with van der Waals surface area (Å²) in [6.45, 7) is 3.74. The van der Waals surface area contributed by atoms with Gasteiger partial charge in [-0.05, 0) is 50.1 Å². The molecule has 0 saturated carbocycles. The minimum Gasteiger partial charge on any atom is -0.349 e. The Morgan fingerprint density at radius 1 is 1.31 bits per heavy atom. The molecule has 3 aromatic rings. The molecule has 0 bridgehead atoms. The second-order valence-corrected chi connectivity index (χ2v) is 10.8. The summed E-state index contributed by atoms with van der Waals surface area (Å²) in [5, 5.41) is 12.7. The predicted molar refractivity (Wildman–Crippen MR) is 122 cm³/mol. The van der Waals surface area contributed by atoms with E-state index >= 15 is 0 Å². The van der Waals surface area contributed by atoms with Gasteiger partial charge in [0.1, 0.15) is 11.3 Å². The molecule has 0 aromatic carbocycles. The maximum atomic E-state index is 12.5. The van der Waals surface area contributed by atoms with E-state index in [0.29, 0.717) is 17.8 Å². The lowest BCUT2D eigenvalue weighted by molar-refractivity contribution is 0.0939. The normalized spacial score (nSPS) is 15.7. The highest BCUT2D eigenvalue weighted by Crippen LogP contribution is 2.28. The average molecular weight is 450 g/mol. The SMILES string of the molecule is CC(C)(C#N)CNC(=O)c1cccc(-c2cnc3[nH]c(C4=CCS(=O)(=O)CC4)cc3c2)n1. The van der Waals surface area contributed by atoms with Crippen LogP contribution in [-0.2, 0) is 9.84 Å². The molecule has 0 radical (unpaired) electrons. The fourth-order valence-corrected chi connectivity index (χ4v) is 4.56. The van der Waals surface area contributed by atoms with E-state index in [2.05, 4.69) is 26.3 Å². The molecule has 0 atom stereocenters. The summed E-state index contributed by atoms with van der Waals surface area (Å²) in [4.78, 5) is 24.7. The summed E-state index contributed by atoms with van der Waals surface area (Å²) in [6, 6.07) is 11.2. The van der Waals surface area contributed by atoms with Gasteiger partial charge in [0.15, 0.2) is 9.84 Å². The predicted octanol–water partition coefficient (Wildman–Crippen LogP) is 3.11. The van der Waals surface area contributed by atoms with Crippen LogP contribution in [0.25, 0.3) is 27.9 Å². The molecule has 0 fully saturated rings. The number of rotatable bonds is 5. The van der Waals surface area contributed by atoms with Crippen LogP contribution in [0.3, 0.4) is 0 Å². The largest absolute Gasteiger partial charge is 0.349 e. The Hall–Kier alpha value is -3.51. The quantitative estimate of drug-likeness (QED) is 0.616. The molecular weight excluding hydrogens is 426 g/mol. The van der Waals surface area contributed by atoms with Crippen molar-refractivity contribution in [2.24, 2.45) is 5.41 Å². The first-order valence-corrected chi connectivity index (χ1v) is 12.0. The van der Waals surface area contributed by atoms with Gasteiger partial charge in [0.05, 0.1) is 28.7 Å². The third kappa shape index (κ3) is 4.70. The Morgan fingerprint density at radius 2 is 2.12 bits per heavy atom. The second kappa shape index (κ2) is 8.20. The van der Waals surface area contributed by atoms with Gasteiger partial charge in [0, 0.05) is 29.4 Å². The number of carbonyl (C=O) groups excluding carboxylic acids is 1. The molecule has 1 aliphatic rings. The summed E-state index contributed by atoms with van der Waals surface area (Å²) in [5.41, 5.74) is 3.50. The maximum Gasteiger partial charge on any atom is 0.269 e. The van der Waals surface area contributed by atoms with E-state index < -0.39 is 15.3 Å². The van der Waals surface area contributed by atoms with E-state index in [-0.39, 0.29) is 29.7 Å². The molecule has 3 aromatic heterocycles. The molecule has 0 aliphatic carbocycles. The molecule has 164 valence electrons. The fourth-order valence-electron chi connectivity index (χ4n) is 3.40. The van der Waals surface area contributed by atoms with Crippen LogP contribution in [-0.4, -0.2) is 47.3 Å². The van der Waals surface area contributed by atoms with Crippen LogP contribution in [0.1, 0.15) is 36.5 Å². The zero-order valence-electron chi connectivity index (χ0n) is 17.8. The Kier molecular flexibility index (Phi) is 5.57. The van der Waals surface area contributed by atoms with E-state index in [0.717, 1.165) is 22.2 Å². The summed E-state index contributed by atoms with van der Waals surface area (Å²) in [5.74, 6) is -0.134. The highest BCUT2D eigenvalue weighted by Gasteiger charge is 2.20. The lowest BCUT2D eigenvalue weighted by atomic mass is 9.96. The minimum absolute atomic E-state index is 0.0563. The minimum atomic E-state index is -2.98. The molecule has 1 aliphatic heterocycles. The summed E-state index contributed by atoms with van der Waals surface area (Å²) < 4.78 is 23.3. The monoisotopic (exact) mass is 449 g/mol. The van der Waals surface area contributed by atoms with Gasteiger partial charge in [-0.25, -0.2) is 18.4 Å². The summed E-state index contributed by atoms with van der Waals surface area (Å²) in [6.07, 6.45) is 3.91. The number of fused-ring (bicyclic) bond motifs is 1. The molecule has 0 unspecified atom stereocenters. The first-order chi connectivity index (χ1) is 15.2. The highest BCUT2D eigenvalue weighted by atomic mass is 32.2. The standard InChI is InChI=1S/C23H23N5O3S/c1-23(2,13-24)14-26-22(29)19-5-3-4-18(27-19)17-10-16-11-20(28-21(16)25-12-17)15-6-8-32(30,31)9-7-15/h3-6,10-12H,7-9,14H2,1-2H3,(H,25,28)(H,26,29). The Bertz CT molecular complexity index is 1380. The highest BCUT2D eigenvalue weighted by molar-refractivity contribution is 7.91. The number of H-pyrrole nitrogens is 1. The van der Waals surface area contributed by atoms with E-state index in [1.165, 1.54) is 0 Å². The van der Waals surface area contributed by atoms with Crippen molar-refractivity contribution in [2.75, 3.05) is 18.1 Å². The van der Waals surface area contributed by atoms with Crippen LogP contribution >= 0.6 is 0 Å². The fraction of sp³-hybridized carbons (Fsp3) is 0.304. The van der Waals surface area contributed by atoms with Crippen LogP contribution < -0.4 is 5.32 Å². The van der Waals surface area contributed by atoms with E-state index in [1.807, 2.05) is 12.1 Å². The molecule has 2 N–H and O–H groups in total. The molecule has 32 heavy (non-hydrogen) atoms. The van der Waals surface area contributed by atoms with E-state index in [9.17, 15) is 13.2 Å². The molecule has 4 heterocycles. The summed E-state index contributed by atoms with van der Waals surface area (Å²) >= 11 is 0. The molecule has 0 spiro atoms. The van der Waals surface area contributed by atoms with Gasteiger partial charge >= 0.3 is 0 Å². The Morgan fingerprint density at radius 3 is 2.84 bits per heavy atom. The number of pyridine rings is 2. The number of aromatic amines is 1. The zero-order chi connectivity index (χ0) is 22.9. The first-order valence-electron chi connectivity index (χ1n) is 10.2. The molecule has 8 nitrogen and oxygen atoms in total. The van der Waals surface area contributed by atoms with Gasteiger partial charge in [0.25, 0.3) is 5.91 Å². The van der Waals surface area contributed by atoms with Crippen molar-refractivity contribution in [3.63, 3.8) is 0 Å². The maximum absolute atomic E-state index is 12.5. The van der Waals surface area contributed by atoms with Gasteiger partial charge < -0.3 is 10.3 Å². The lowest BCUT2D eigenvalue weighted by Gasteiger charge is -2.15. The zero-order valence-corrected chi connectivity index (χ0v) is 18.7. The van der Waals surface area contributed by atoms with E-state index in [1.54, 1.807) is 44.3 Å². The number of hydrogen-bond donors (Lipinski definition) is 2. The third-order valence-corrected chi connectivity index (χ3v) is 6.85. The van der Waals surface area contributed by atoms with Crippen LogP contribution in [0.2, 0.25) is 0 Å². The first kappa shape index (κ1) is 21.7. The van der Waals surface area contributed by atoms with Gasteiger partial charge in [0.2, 0.25) is 0 Å². The second-order valence-electron chi connectivity index (χ2n) is 8.52. The van der Waals surface area contributed by atoms with Crippen molar-refractivity contribution in [1.29, 1.82) is 5.26 Å². The van der Waals surface area contributed by atoms with E-state index in [4.69, 9.17) is 5.26 Å². The smallest absolute Gasteiger partial charge is 0.269 e. The van der Waals surface area contributed by atoms with Gasteiger partial charge in [-0.3, -0.25) is 4.79 Å². The summed E-state index contributed by atoms with van der Waals surface area (Å²) in [7, 11) is -2.98. The Labute approximate surface area is 186 Å². The van der Waals surface area contributed by atoms with Crippen molar-refractivity contribution in [3.05, 3.63) is 54.0 Å². The molecule has 0 saturated heterocycles. The lowest BCUT2D eigenvalue weighted by Crippen LogP contribution is -2.33. The molecule has 4 rings (SSSR count). The number of allylic oxidation sites excluding steroid dienone is 1. The third-order valence-electron chi connectivity index (χ3n) is 5.35. The van der Waals surface area contributed by atoms with Crippen molar-refractivity contribution in [1.82, 2.24) is 20.3 Å². The van der Waals surface area contributed by atoms with Gasteiger partial charge in [-0.1, -0.05) is 12.1 Å². The number of nitriles is 1. The number of amides is 1. The topological polar surface area (TPSA) is 129 Å². The van der Waals surface area contributed by atoms with Crippen LogP contribution in [0.15, 0.2) is 42.6 Å². The number of nitrogens with one attached hydrogen (secondary N) is 2. The van der Waals surface area contributed by atoms with Crippen molar-refractivity contribution in [3.8, 4) is 17.3 Å². The number of carbonyl (C=O) groups is 1. The van der Waals surface area contributed by atoms with Crippen LogP contribution in [0.5, 0.6) is 0 Å². The Balaban J connectivity index is 1.58. The average Bonchev–Trinajstić information content (AvgIpc) is 3.21. The molecular formula is C23H23N5O3S. The van der Waals surface area contributed by atoms with Crippen LogP contribution in [0, 0.1) is 16.7 Å². The van der Waals surface area contributed by atoms with Crippen molar-refractivity contribution >= 4 is 32.4 Å². The number of sulfone groups is 1. The van der Waals surface area contributed by atoms with Gasteiger partial charge in [-0.2, -0.15) is 5.26 Å². The van der Waals surface area contributed by atoms with Crippen molar-refractivity contribution < 1.29 is 13.2 Å². The number of nitrogens with zero attached hydrogens (tertiary/aromatic N) is 3. The molecule has 1 amide bonds. The van der Waals surface area contributed by atoms with Crippen molar-refractivity contribution in [2.45, 2.75) is 20.3 Å². The number of hydrogen-bond acceptors (Lipinski definition) is 6.